The summed E-state index contributed by atoms with van der Waals surface area (Å²) in [7, 11) is 3.15. The Morgan fingerprint density at radius 2 is 2.06 bits per heavy atom. The van der Waals surface area contributed by atoms with Gasteiger partial charge in [-0.3, -0.25) is 4.79 Å². The molecule has 0 aliphatic rings. The highest BCUT2D eigenvalue weighted by molar-refractivity contribution is 5.73. The van der Waals surface area contributed by atoms with Gasteiger partial charge in [-0.25, -0.2) is 0 Å². The minimum atomic E-state index is -0.256. The van der Waals surface area contributed by atoms with Gasteiger partial charge in [-0.2, -0.15) is 0 Å². The number of rotatable bonds is 7. The summed E-state index contributed by atoms with van der Waals surface area (Å²) in [5, 5.41) is 2.83. The fourth-order valence-electron chi connectivity index (χ4n) is 1.66. The minimum absolute atomic E-state index is 0.119. The van der Waals surface area contributed by atoms with Crippen LogP contribution in [0.2, 0.25) is 0 Å². The molecule has 18 heavy (non-hydrogen) atoms. The number of benzene rings is 1. The van der Waals surface area contributed by atoms with Crippen LogP contribution in [0.4, 0.5) is 0 Å². The van der Waals surface area contributed by atoms with E-state index >= 15 is 0 Å². The Hall–Kier alpha value is -1.59. The van der Waals surface area contributed by atoms with Crippen molar-refractivity contribution in [1.29, 1.82) is 0 Å². The zero-order valence-electron chi connectivity index (χ0n) is 10.9. The third kappa shape index (κ3) is 4.35. The normalized spacial score (nSPS) is 11.9. The van der Waals surface area contributed by atoms with Gasteiger partial charge in [0.05, 0.1) is 19.8 Å². The number of hydrogen-bond acceptors (Lipinski definition) is 4. The maximum atomic E-state index is 11.2. The lowest BCUT2D eigenvalue weighted by atomic mass is 10.1. The van der Waals surface area contributed by atoms with Crippen molar-refractivity contribution in [3.05, 3.63) is 29.8 Å². The first-order valence-electron chi connectivity index (χ1n) is 5.65. The summed E-state index contributed by atoms with van der Waals surface area (Å²) in [6, 6.07) is 7.26. The summed E-state index contributed by atoms with van der Waals surface area (Å²) < 4.78 is 15.4. The summed E-state index contributed by atoms with van der Waals surface area (Å²) in [6.45, 7) is 1.98. The van der Waals surface area contributed by atoms with E-state index < -0.39 is 0 Å². The molecule has 0 unspecified atom stereocenters. The quantitative estimate of drug-likeness (QED) is 0.591. The average Bonchev–Trinajstić information content (AvgIpc) is 2.37. The Balaban J connectivity index is 2.82. The Bertz CT molecular complexity index is 381. The van der Waals surface area contributed by atoms with E-state index in [2.05, 4.69) is 5.32 Å². The fourth-order valence-corrected chi connectivity index (χ4v) is 1.66. The van der Waals surface area contributed by atoms with Crippen molar-refractivity contribution in [3.8, 4) is 5.75 Å². The van der Waals surface area contributed by atoms with E-state index in [9.17, 15) is 4.79 Å². The van der Waals surface area contributed by atoms with E-state index in [1.165, 1.54) is 6.92 Å². The molecule has 1 N–H and O–H groups in total. The Morgan fingerprint density at radius 1 is 1.33 bits per heavy atom. The lowest BCUT2D eigenvalue weighted by molar-refractivity contribution is -0.120. The molecule has 100 valence electrons. The Morgan fingerprint density at radius 3 is 2.67 bits per heavy atom. The zero-order valence-corrected chi connectivity index (χ0v) is 10.9. The Kier molecular flexibility index (Phi) is 6.18. The van der Waals surface area contributed by atoms with Gasteiger partial charge in [0.15, 0.2) is 0 Å². The number of para-hydroxylation sites is 1. The van der Waals surface area contributed by atoms with Crippen LogP contribution in [0.5, 0.6) is 5.75 Å². The van der Waals surface area contributed by atoms with Crippen molar-refractivity contribution in [2.45, 2.75) is 13.0 Å². The van der Waals surface area contributed by atoms with Gasteiger partial charge in [-0.05, 0) is 6.07 Å². The minimum Gasteiger partial charge on any atom is -0.496 e. The second-order valence-electron chi connectivity index (χ2n) is 3.77. The monoisotopic (exact) mass is 253 g/mol. The molecule has 0 saturated carbocycles. The molecule has 1 aromatic rings. The van der Waals surface area contributed by atoms with Gasteiger partial charge >= 0.3 is 0 Å². The lowest BCUT2D eigenvalue weighted by Gasteiger charge is -2.20. The first-order valence-corrected chi connectivity index (χ1v) is 5.65. The highest BCUT2D eigenvalue weighted by atomic mass is 16.7. The standard InChI is InChI=1S/C13H19NO4/c1-10(15)14-12(8-18-9-16-2)11-6-4-5-7-13(11)17-3/h4-7,12H,8-9H2,1-3H3,(H,14,15)/t12-/m1/s1. The third-order valence-electron chi connectivity index (χ3n) is 2.38. The van der Waals surface area contributed by atoms with Crippen LogP contribution in [0.3, 0.4) is 0 Å². The molecule has 0 radical (unpaired) electrons. The van der Waals surface area contributed by atoms with Crippen LogP contribution in [-0.4, -0.2) is 33.5 Å². The van der Waals surface area contributed by atoms with Gasteiger partial charge in [0.25, 0.3) is 0 Å². The molecule has 5 nitrogen and oxygen atoms in total. The average molecular weight is 253 g/mol. The smallest absolute Gasteiger partial charge is 0.217 e. The number of amides is 1. The van der Waals surface area contributed by atoms with E-state index in [0.29, 0.717) is 6.61 Å². The number of nitrogens with one attached hydrogen (secondary N) is 1. The number of ether oxygens (including phenoxy) is 3. The van der Waals surface area contributed by atoms with Crippen molar-refractivity contribution in [2.75, 3.05) is 27.6 Å². The maximum absolute atomic E-state index is 11.2. The van der Waals surface area contributed by atoms with E-state index in [4.69, 9.17) is 14.2 Å². The van der Waals surface area contributed by atoms with Gasteiger partial charge in [0, 0.05) is 19.6 Å². The van der Waals surface area contributed by atoms with Crippen molar-refractivity contribution in [3.63, 3.8) is 0 Å². The molecule has 1 rings (SSSR count). The van der Waals surface area contributed by atoms with Crippen LogP contribution in [0, 0.1) is 0 Å². The molecule has 0 fully saturated rings. The number of carbonyl (C=O) groups is 1. The molecule has 0 aromatic heterocycles. The highest BCUT2D eigenvalue weighted by Gasteiger charge is 2.16. The largest absolute Gasteiger partial charge is 0.496 e. The molecule has 5 heteroatoms. The molecule has 0 aliphatic carbocycles. The lowest BCUT2D eigenvalue weighted by Crippen LogP contribution is -2.30. The molecule has 0 spiro atoms. The van der Waals surface area contributed by atoms with Crippen LogP contribution in [0.1, 0.15) is 18.5 Å². The van der Waals surface area contributed by atoms with Gasteiger partial charge in [0.2, 0.25) is 5.91 Å². The summed E-state index contributed by atoms with van der Waals surface area (Å²) in [6.07, 6.45) is 0. The third-order valence-corrected chi connectivity index (χ3v) is 2.38. The first-order chi connectivity index (χ1) is 8.69. The molecule has 1 atom stereocenters. The summed E-state index contributed by atoms with van der Waals surface area (Å²) in [4.78, 5) is 11.2. The van der Waals surface area contributed by atoms with Crippen LogP contribution >= 0.6 is 0 Å². The Labute approximate surface area is 107 Å². The summed E-state index contributed by atoms with van der Waals surface area (Å²) >= 11 is 0. The second kappa shape index (κ2) is 7.68. The molecular formula is C13H19NO4. The van der Waals surface area contributed by atoms with Gasteiger partial charge in [0.1, 0.15) is 12.5 Å². The summed E-state index contributed by atoms with van der Waals surface area (Å²) in [5.74, 6) is 0.601. The van der Waals surface area contributed by atoms with Crippen molar-refractivity contribution in [1.82, 2.24) is 5.32 Å². The van der Waals surface area contributed by atoms with Crippen LogP contribution in [0.25, 0.3) is 0 Å². The molecule has 0 saturated heterocycles. The molecule has 0 heterocycles. The van der Waals surface area contributed by atoms with Crippen LogP contribution < -0.4 is 10.1 Å². The molecule has 0 aliphatic heterocycles. The first kappa shape index (κ1) is 14.5. The van der Waals surface area contributed by atoms with Crippen molar-refractivity contribution < 1.29 is 19.0 Å². The predicted octanol–water partition coefficient (Wildman–Crippen LogP) is 1.49. The summed E-state index contributed by atoms with van der Waals surface area (Å²) in [5.41, 5.74) is 0.881. The second-order valence-corrected chi connectivity index (χ2v) is 3.77. The van der Waals surface area contributed by atoms with Crippen molar-refractivity contribution in [2.24, 2.45) is 0 Å². The molecular weight excluding hydrogens is 234 g/mol. The van der Waals surface area contributed by atoms with E-state index in [1.807, 2.05) is 24.3 Å². The number of carbonyl (C=O) groups excluding carboxylic acids is 1. The molecule has 1 amide bonds. The van der Waals surface area contributed by atoms with Gasteiger partial charge in [-0.15, -0.1) is 0 Å². The topological polar surface area (TPSA) is 56.8 Å². The predicted molar refractivity (Wildman–Crippen MR) is 67.4 cm³/mol. The maximum Gasteiger partial charge on any atom is 0.217 e. The van der Waals surface area contributed by atoms with Gasteiger partial charge in [-0.1, -0.05) is 18.2 Å². The fraction of sp³-hybridized carbons (Fsp3) is 0.462. The van der Waals surface area contributed by atoms with Crippen LogP contribution in [0.15, 0.2) is 24.3 Å². The SMILES string of the molecule is COCOC[C@@H](NC(C)=O)c1ccccc1OC. The van der Waals surface area contributed by atoms with Crippen molar-refractivity contribution >= 4 is 5.91 Å². The van der Waals surface area contributed by atoms with E-state index in [-0.39, 0.29) is 18.7 Å². The number of methoxy groups -OCH3 is 2. The molecule has 1 aromatic carbocycles. The van der Waals surface area contributed by atoms with Crippen LogP contribution in [-0.2, 0) is 14.3 Å². The zero-order chi connectivity index (χ0) is 13.4. The van der Waals surface area contributed by atoms with E-state index in [0.717, 1.165) is 11.3 Å². The highest BCUT2D eigenvalue weighted by Crippen LogP contribution is 2.24. The van der Waals surface area contributed by atoms with Gasteiger partial charge < -0.3 is 19.5 Å². The number of hydrogen-bond donors (Lipinski definition) is 1. The molecule has 0 bridgehead atoms. The van der Waals surface area contributed by atoms with E-state index in [1.54, 1.807) is 14.2 Å².